The molecule has 2 rings (SSSR count). The fraction of sp³-hybridized carbons (Fsp3) is 1.00. The predicted molar refractivity (Wildman–Crippen MR) is 74.2 cm³/mol. The van der Waals surface area contributed by atoms with E-state index in [0.29, 0.717) is 6.04 Å². The van der Waals surface area contributed by atoms with Crippen LogP contribution in [0.1, 0.15) is 52.9 Å². The molecule has 0 spiro atoms. The standard InChI is InChI=1S/C15H30N2/c1-4-10-17(12(2)3)11-9-16-15(13-5-6-13)14-7-8-14/h12-16H,4-11H2,1-3H3. The molecule has 2 aliphatic rings. The van der Waals surface area contributed by atoms with Crippen molar-refractivity contribution in [1.29, 1.82) is 0 Å². The van der Waals surface area contributed by atoms with E-state index in [1.54, 1.807) is 0 Å². The van der Waals surface area contributed by atoms with Crippen LogP contribution in [-0.4, -0.2) is 36.6 Å². The first-order valence-corrected chi connectivity index (χ1v) is 7.69. The summed E-state index contributed by atoms with van der Waals surface area (Å²) >= 11 is 0. The summed E-state index contributed by atoms with van der Waals surface area (Å²) in [4.78, 5) is 2.60. The molecule has 0 aromatic rings. The van der Waals surface area contributed by atoms with Crippen LogP contribution in [0.5, 0.6) is 0 Å². The number of rotatable bonds is 9. The zero-order chi connectivity index (χ0) is 12.3. The van der Waals surface area contributed by atoms with Crippen molar-refractivity contribution in [2.75, 3.05) is 19.6 Å². The predicted octanol–water partition coefficient (Wildman–Crippen LogP) is 2.89. The Bertz CT molecular complexity index is 207. The largest absolute Gasteiger partial charge is 0.312 e. The molecule has 0 aromatic carbocycles. The molecule has 0 aliphatic heterocycles. The number of hydrogen-bond donors (Lipinski definition) is 1. The van der Waals surface area contributed by atoms with Gasteiger partial charge in [0.25, 0.3) is 0 Å². The maximum Gasteiger partial charge on any atom is 0.0124 e. The van der Waals surface area contributed by atoms with Gasteiger partial charge in [-0.05, 0) is 64.3 Å². The summed E-state index contributed by atoms with van der Waals surface area (Å²) in [6, 6.07) is 1.56. The molecule has 100 valence electrons. The van der Waals surface area contributed by atoms with Gasteiger partial charge >= 0.3 is 0 Å². The highest BCUT2D eigenvalue weighted by molar-refractivity contribution is 4.96. The molecule has 0 atom stereocenters. The van der Waals surface area contributed by atoms with Gasteiger partial charge in [0, 0.05) is 25.2 Å². The van der Waals surface area contributed by atoms with E-state index in [9.17, 15) is 0 Å². The lowest BCUT2D eigenvalue weighted by Gasteiger charge is -2.27. The SMILES string of the molecule is CCCN(CCNC(C1CC1)C1CC1)C(C)C. The summed E-state index contributed by atoms with van der Waals surface area (Å²) in [5.74, 6) is 2.06. The van der Waals surface area contributed by atoms with Crippen molar-refractivity contribution in [3.05, 3.63) is 0 Å². The molecule has 0 radical (unpaired) electrons. The van der Waals surface area contributed by atoms with E-state index in [0.717, 1.165) is 17.9 Å². The van der Waals surface area contributed by atoms with Gasteiger partial charge in [0.1, 0.15) is 0 Å². The van der Waals surface area contributed by atoms with E-state index in [1.807, 2.05) is 0 Å². The van der Waals surface area contributed by atoms with Gasteiger partial charge < -0.3 is 5.32 Å². The number of nitrogens with zero attached hydrogens (tertiary/aromatic N) is 1. The van der Waals surface area contributed by atoms with Gasteiger partial charge in [0.05, 0.1) is 0 Å². The van der Waals surface area contributed by atoms with E-state index in [4.69, 9.17) is 0 Å². The summed E-state index contributed by atoms with van der Waals surface area (Å²) in [5, 5.41) is 3.85. The summed E-state index contributed by atoms with van der Waals surface area (Å²) in [7, 11) is 0. The van der Waals surface area contributed by atoms with Crippen molar-refractivity contribution >= 4 is 0 Å². The van der Waals surface area contributed by atoms with Crippen molar-refractivity contribution in [2.45, 2.75) is 65.0 Å². The van der Waals surface area contributed by atoms with Gasteiger partial charge in [-0.2, -0.15) is 0 Å². The molecule has 0 saturated heterocycles. The van der Waals surface area contributed by atoms with E-state index in [1.165, 1.54) is 51.7 Å². The molecular formula is C15H30N2. The molecule has 2 nitrogen and oxygen atoms in total. The van der Waals surface area contributed by atoms with Gasteiger partial charge in [-0.1, -0.05) is 6.92 Å². The van der Waals surface area contributed by atoms with Gasteiger partial charge in [-0.15, -0.1) is 0 Å². The molecule has 2 fully saturated rings. The average Bonchev–Trinajstić information content (AvgIpc) is 3.16. The Morgan fingerprint density at radius 3 is 2.06 bits per heavy atom. The van der Waals surface area contributed by atoms with Crippen molar-refractivity contribution in [1.82, 2.24) is 10.2 Å². The Labute approximate surface area is 107 Å². The zero-order valence-electron chi connectivity index (χ0n) is 11.9. The average molecular weight is 238 g/mol. The van der Waals surface area contributed by atoms with Crippen molar-refractivity contribution < 1.29 is 0 Å². The third-order valence-electron chi connectivity index (χ3n) is 4.28. The normalized spacial score (nSPS) is 20.8. The fourth-order valence-corrected chi connectivity index (χ4v) is 2.92. The first-order chi connectivity index (χ1) is 8.22. The monoisotopic (exact) mass is 238 g/mol. The number of nitrogens with one attached hydrogen (secondary N) is 1. The van der Waals surface area contributed by atoms with Gasteiger partial charge in [0.2, 0.25) is 0 Å². The van der Waals surface area contributed by atoms with Crippen molar-refractivity contribution in [2.24, 2.45) is 11.8 Å². The van der Waals surface area contributed by atoms with Gasteiger partial charge in [0.15, 0.2) is 0 Å². The lowest BCUT2D eigenvalue weighted by Crippen LogP contribution is -2.41. The molecule has 0 unspecified atom stereocenters. The first kappa shape index (κ1) is 13.4. The van der Waals surface area contributed by atoms with Crippen LogP contribution in [0.4, 0.5) is 0 Å². The Balaban J connectivity index is 1.65. The van der Waals surface area contributed by atoms with Crippen LogP contribution in [0.25, 0.3) is 0 Å². The van der Waals surface area contributed by atoms with Crippen LogP contribution in [0, 0.1) is 11.8 Å². The van der Waals surface area contributed by atoms with Crippen LogP contribution < -0.4 is 5.32 Å². The van der Waals surface area contributed by atoms with E-state index >= 15 is 0 Å². The second kappa shape index (κ2) is 6.19. The Morgan fingerprint density at radius 2 is 1.65 bits per heavy atom. The highest BCUT2D eigenvalue weighted by Gasteiger charge is 2.40. The summed E-state index contributed by atoms with van der Waals surface area (Å²) in [6.07, 6.45) is 7.20. The van der Waals surface area contributed by atoms with Crippen LogP contribution in [0.2, 0.25) is 0 Å². The van der Waals surface area contributed by atoms with Crippen LogP contribution in [0.15, 0.2) is 0 Å². The zero-order valence-corrected chi connectivity index (χ0v) is 11.9. The maximum atomic E-state index is 3.85. The van der Waals surface area contributed by atoms with E-state index in [2.05, 4.69) is 31.0 Å². The highest BCUT2D eigenvalue weighted by atomic mass is 15.2. The fourth-order valence-electron chi connectivity index (χ4n) is 2.92. The third kappa shape index (κ3) is 4.26. The quantitative estimate of drug-likeness (QED) is 0.664. The van der Waals surface area contributed by atoms with Crippen LogP contribution in [0.3, 0.4) is 0 Å². The maximum absolute atomic E-state index is 3.85. The molecule has 0 heterocycles. The summed E-state index contributed by atoms with van der Waals surface area (Å²) in [6.45, 7) is 10.6. The minimum Gasteiger partial charge on any atom is -0.312 e. The second-order valence-corrected chi connectivity index (χ2v) is 6.28. The second-order valence-electron chi connectivity index (χ2n) is 6.28. The topological polar surface area (TPSA) is 15.3 Å². The Kier molecular flexibility index (Phi) is 4.87. The lowest BCUT2D eigenvalue weighted by molar-refractivity contribution is 0.216. The molecule has 0 aromatic heterocycles. The minimum absolute atomic E-state index is 0.692. The van der Waals surface area contributed by atoms with Crippen LogP contribution in [-0.2, 0) is 0 Å². The smallest absolute Gasteiger partial charge is 0.0124 e. The molecule has 1 N–H and O–H groups in total. The van der Waals surface area contributed by atoms with Crippen molar-refractivity contribution in [3.63, 3.8) is 0 Å². The highest BCUT2D eigenvalue weighted by Crippen LogP contribution is 2.44. The summed E-state index contributed by atoms with van der Waals surface area (Å²) in [5.41, 5.74) is 0. The third-order valence-corrected chi connectivity index (χ3v) is 4.28. The Morgan fingerprint density at radius 1 is 1.06 bits per heavy atom. The molecule has 0 amide bonds. The van der Waals surface area contributed by atoms with Crippen LogP contribution >= 0.6 is 0 Å². The van der Waals surface area contributed by atoms with E-state index < -0.39 is 0 Å². The number of hydrogen-bond acceptors (Lipinski definition) is 2. The lowest BCUT2D eigenvalue weighted by atomic mass is 10.1. The Hall–Kier alpha value is -0.0800. The molecule has 2 saturated carbocycles. The minimum atomic E-state index is 0.692. The van der Waals surface area contributed by atoms with Gasteiger partial charge in [-0.3, -0.25) is 4.90 Å². The molecule has 2 heteroatoms. The molecular weight excluding hydrogens is 208 g/mol. The first-order valence-electron chi connectivity index (χ1n) is 7.69. The molecule has 17 heavy (non-hydrogen) atoms. The van der Waals surface area contributed by atoms with Crippen molar-refractivity contribution in [3.8, 4) is 0 Å². The summed E-state index contributed by atoms with van der Waals surface area (Å²) < 4.78 is 0. The van der Waals surface area contributed by atoms with E-state index in [-0.39, 0.29) is 0 Å². The molecule has 2 aliphatic carbocycles. The van der Waals surface area contributed by atoms with Gasteiger partial charge in [-0.25, -0.2) is 0 Å². The molecule has 0 bridgehead atoms.